The topological polar surface area (TPSA) is 50.9 Å². The van der Waals surface area contributed by atoms with Gasteiger partial charge in [0.25, 0.3) is 0 Å². The fourth-order valence-electron chi connectivity index (χ4n) is 2.64. The summed E-state index contributed by atoms with van der Waals surface area (Å²) in [6, 6.07) is 7.69. The number of aliphatic hydroxyl groups excluding tert-OH is 1. The van der Waals surface area contributed by atoms with Gasteiger partial charge in [-0.2, -0.15) is 26.3 Å². The number of hydrogen-bond acceptors (Lipinski definition) is 3. The van der Waals surface area contributed by atoms with E-state index in [2.05, 4.69) is 22.2 Å². The number of aromatic nitrogens is 3. The zero-order chi connectivity index (χ0) is 23.7. The summed E-state index contributed by atoms with van der Waals surface area (Å²) < 4.78 is 79.0. The van der Waals surface area contributed by atoms with Crippen LogP contribution in [-0.2, 0) is 18.9 Å². The Balaban J connectivity index is 1.90. The molecule has 3 aromatic rings. The number of halogens is 8. The Morgan fingerprint density at radius 1 is 0.969 bits per heavy atom. The molecule has 168 valence electrons. The van der Waals surface area contributed by atoms with Crippen LogP contribution in [-0.4, -0.2) is 20.1 Å². The standard InChI is InChI=1S/C20H11Cl2F6N3O/c21-15-4-2-1-3-12(15)5-6-16(32)17-18(22)31(30-29-17)10-11-7-13(19(23,24)25)9-14(8-11)20(26,27)28/h1-4,7-9,16,32H,10H2. The zero-order valence-electron chi connectivity index (χ0n) is 15.6. The van der Waals surface area contributed by atoms with Crippen LogP contribution in [0.1, 0.15) is 34.1 Å². The van der Waals surface area contributed by atoms with Gasteiger partial charge >= 0.3 is 12.4 Å². The highest BCUT2D eigenvalue weighted by Gasteiger charge is 2.37. The molecule has 0 aliphatic heterocycles. The number of aliphatic hydroxyl groups is 1. The van der Waals surface area contributed by atoms with Gasteiger partial charge in [-0.1, -0.05) is 52.4 Å². The minimum absolute atomic E-state index is 0.0198. The molecule has 1 aromatic heterocycles. The summed E-state index contributed by atoms with van der Waals surface area (Å²) in [6.45, 7) is -0.552. The van der Waals surface area contributed by atoms with Crippen molar-refractivity contribution >= 4 is 23.2 Å². The molecule has 12 heteroatoms. The number of rotatable bonds is 3. The molecule has 0 spiro atoms. The molecule has 0 bridgehead atoms. The van der Waals surface area contributed by atoms with E-state index in [1.165, 1.54) is 0 Å². The third-order valence-electron chi connectivity index (χ3n) is 4.15. The van der Waals surface area contributed by atoms with Crippen molar-refractivity contribution in [1.29, 1.82) is 0 Å². The summed E-state index contributed by atoms with van der Waals surface area (Å²) in [7, 11) is 0. The number of nitrogens with zero attached hydrogens (tertiary/aromatic N) is 3. The molecule has 0 fully saturated rings. The number of alkyl halides is 6. The molecule has 1 unspecified atom stereocenters. The van der Waals surface area contributed by atoms with E-state index in [-0.39, 0.29) is 22.5 Å². The lowest BCUT2D eigenvalue weighted by atomic mass is 10.0. The van der Waals surface area contributed by atoms with Gasteiger partial charge in [0.1, 0.15) is 5.69 Å². The molecule has 0 amide bonds. The first-order valence-corrected chi connectivity index (χ1v) is 9.43. The van der Waals surface area contributed by atoms with E-state index in [4.69, 9.17) is 23.2 Å². The lowest BCUT2D eigenvalue weighted by Gasteiger charge is -2.14. The maximum atomic E-state index is 13.0. The van der Waals surface area contributed by atoms with Crippen LogP contribution >= 0.6 is 23.2 Å². The summed E-state index contributed by atoms with van der Waals surface area (Å²) in [5, 5.41) is 17.5. The van der Waals surface area contributed by atoms with Crippen LogP contribution < -0.4 is 0 Å². The van der Waals surface area contributed by atoms with E-state index >= 15 is 0 Å². The summed E-state index contributed by atoms with van der Waals surface area (Å²) >= 11 is 12.0. The Labute approximate surface area is 187 Å². The molecular weight excluding hydrogens is 483 g/mol. The van der Waals surface area contributed by atoms with Crippen LogP contribution in [0.25, 0.3) is 0 Å². The molecule has 0 aliphatic carbocycles. The predicted molar refractivity (Wildman–Crippen MR) is 104 cm³/mol. The van der Waals surface area contributed by atoms with Crippen LogP contribution in [0.4, 0.5) is 26.3 Å². The average molecular weight is 494 g/mol. The maximum Gasteiger partial charge on any atom is 0.416 e. The fraction of sp³-hybridized carbons (Fsp3) is 0.200. The summed E-state index contributed by atoms with van der Waals surface area (Å²) in [6.07, 6.45) is -11.5. The third-order valence-corrected chi connectivity index (χ3v) is 4.87. The van der Waals surface area contributed by atoms with Gasteiger partial charge < -0.3 is 5.11 Å². The average Bonchev–Trinajstić information content (AvgIpc) is 3.06. The molecular formula is C20H11Cl2F6N3O. The Hall–Kier alpha value is -2.74. The van der Waals surface area contributed by atoms with Crippen molar-refractivity contribution in [2.75, 3.05) is 0 Å². The summed E-state index contributed by atoms with van der Waals surface area (Å²) in [5.41, 5.74) is -3.09. The Morgan fingerprint density at radius 2 is 1.56 bits per heavy atom. The smallest absolute Gasteiger partial charge is 0.374 e. The van der Waals surface area contributed by atoms with Gasteiger partial charge in [-0.25, -0.2) is 4.68 Å². The van der Waals surface area contributed by atoms with E-state index in [0.29, 0.717) is 22.7 Å². The highest BCUT2D eigenvalue weighted by Crippen LogP contribution is 2.36. The van der Waals surface area contributed by atoms with Gasteiger partial charge in [-0.15, -0.1) is 5.10 Å². The van der Waals surface area contributed by atoms with Gasteiger partial charge in [0.2, 0.25) is 0 Å². The Kier molecular flexibility index (Phi) is 6.74. The van der Waals surface area contributed by atoms with Crippen LogP contribution in [0.15, 0.2) is 42.5 Å². The van der Waals surface area contributed by atoms with Crippen LogP contribution in [0.5, 0.6) is 0 Å². The first-order chi connectivity index (χ1) is 14.9. The number of benzene rings is 2. The van der Waals surface area contributed by atoms with Crippen LogP contribution in [0.3, 0.4) is 0 Å². The van der Waals surface area contributed by atoms with Crippen molar-refractivity contribution in [2.45, 2.75) is 25.0 Å². The van der Waals surface area contributed by atoms with E-state index in [9.17, 15) is 31.4 Å². The van der Waals surface area contributed by atoms with Crippen molar-refractivity contribution in [3.63, 3.8) is 0 Å². The van der Waals surface area contributed by atoms with Gasteiger partial charge in [0.15, 0.2) is 11.3 Å². The summed E-state index contributed by atoms with van der Waals surface area (Å²) in [4.78, 5) is 0. The van der Waals surface area contributed by atoms with E-state index in [1.807, 2.05) is 0 Å². The molecule has 2 aromatic carbocycles. The molecule has 1 N–H and O–H groups in total. The lowest BCUT2D eigenvalue weighted by Crippen LogP contribution is -2.13. The van der Waals surface area contributed by atoms with E-state index in [0.717, 1.165) is 4.68 Å². The molecule has 0 saturated heterocycles. The van der Waals surface area contributed by atoms with Crippen molar-refractivity contribution in [3.05, 3.63) is 80.6 Å². The second kappa shape index (κ2) is 9.02. The number of hydrogen-bond donors (Lipinski definition) is 1. The predicted octanol–water partition coefficient (Wildman–Crippen LogP) is 5.76. The normalized spacial score (nSPS) is 12.9. The van der Waals surface area contributed by atoms with Crippen LogP contribution in [0.2, 0.25) is 10.2 Å². The van der Waals surface area contributed by atoms with Gasteiger partial charge in [0, 0.05) is 5.56 Å². The van der Waals surface area contributed by atoms with E-state index < -0.39 is 36.1 Å². The van der Waals surface area contributed by atoms with Gasteiger partial charge in [0.05, 0.1) is 22.7 Å². The minimum Gasteiger partial charge on any atom is -0.374 e. The molecule has 1 atom stereocenters. The molecule has 0 radical (unpaired) electrons. The minimum atomic E-state index is -4.99. The molecule has 0 aliphatic rings. The first-order valence-electron chi connectivity index (χ1n) is 8.67. The zero-order valence-corrected chi connectivity index (χ0v) is 17.2. The SMILES string of the molecule is OC(C#Cc1ccccc1Cl)c1nnn(Cc2cc(C(F)(F)F)cc(C(F)(F)F)c2)c1Cl. The van der Waals surface area contributed by atoms with Crippen molar-refractivity contribution < 1.29 is 31.4 Å². The summed E-state index contributed by atoms with van der Waals surface area (Å²) in [5.74, 6) is 5.08. The highest BCUT2D eigenvalue weighted by molar-refractivity contribution is 6.31. The lowest BCUT2D eigenvalue weighted by molar-refractivity contribution is -0.143. The maximum absolute atomic E-state index is 13.0. The first kappa shape index (κ1) is 23.9. The van der Waals surface area contributed by atoms with Crippen molar-refractivity contribution in [3.8, 4) is 11.8 Å². The monoisotopic (exact) mass is 493 g/mol. The molecule has 1 heterocycles. The third kappa shape index (κ3) is 5.54. The second-order valence-electron chi connectivity index (χ2n) is 6.49. The van der Waals surface area contributed by atoms with Crippen molar-refractivity contribution in [2.24, 2.45) is 0 Å². The molecule has 4 nitrogen and oxygen atoms in total. The van der Waals surface area contributed by atoms with Crippen LogP contribution in [0, 0.1) is 11.8 Å². The van der Waals surface area contributed by atoms with E-state index in [1.54, 1.807) is 24.3 Å². The Bertz CT molecular complexity index is 1160. The van der Waals surface area contributed by atoms with Gasteiger partial charge in [-0.3, -0.25) is 0 Å². The fourth-order valence-corrected chi connectivity index (χ4v) is 3.06. The highest BCUT2D eigenvalue weighted by atomic mass is 35.5. The second-order valence-corrected chi connectivity index (χ2v) is 7.25. The van der Waals surface area contributed by atoms with Crippen molar-refractivity contribution in [1.82, 2.24) is 15.0 Å². The molecule has 32 heavy (non-hydrogen) atoms. The molecule has 0 saturated carbocycles. The quantitative estimate of drug-likeness (QED) is 0.373. The van der Waals surface area contributed by atoms with Gasteiger partial charge in [-0.05, 0) is 35.9 Å². The Morgan fingerprint density at radius 3 is 2.12 bits per heavy atom. The largest absolute Gasteiger partial charge is 0.416 e. The molecule has 3 rings (SSSR count).